The SMILES string of the molecule is CN(c1nc(NCCc2cccc(F)c2)n2ncc(C=C3CC(=O)NC3=O)c2n1)C1CCOCC1. The van der Waals surface area contributed by atoms with Crippen LogP contribution < -0.4 is 15.5 Å². The van der Waals surface area contributed by atoms with Crippen LogP contribution in [0.1, 0.15) is 30.4 Å². The van der Waals surface area contributed by atoms with Crippen LogP contribution >= 0.6 is 0 Å². The van der Waals surface area contributed by atoms with E-state index in [0.29, 0.717) is 54.9 Å². The van der Waals surface area contributed by atoms with E-state index in [0.717, 1.165) is 18.4 Å². The second kappa shape index (κ2) is 9.79. The Bertz CT molecular complexity index is 1300. The number of imide groups is 1. The predicted octanol–water partition coefficient (Wildman–Crippen LogP) is 1.96. The number of anilines is 2. The van der Waals surface area contributed by atoms with Crippen molar-refractivity contribution < 1.29 is 18.7 Å². The van der Waals surface area contributed by atoms with Crippen molar-refractivity contribution in [3.05, 3.63) is 53.0 Å². The number of hydrogen-bond acceptors (Lipinski definition) is 8. The topological polar surface area (TPSA) is 114 Å². The van der Waals surface area contributed by atoms with Gasteiger partial charge >= 0.3 is 0 Å². The van der Waals surface area contributed by atoms with Gasteiger partial charge in [0.15, 0.2) is 5.65 Å². The molecule has 5 rings (SSSR count). The van der Waals surface area contributed by atoms with Crippen molar-refractivity contribution >= 4 is 35.4 Å². The molecule has 10 nitrogen and oxygen atoms in total. The third-order valence-electron chi connectivity index (χ3n) is 6.25. The van der Waals surface area contributed by atoms with E-state index in [2.05, 4.69) is 15.7 Å². The van der Waals surface area contributed by atoms with E-state index >= 15 is 0 Å². The number of halogens is 1. The van der Waals surface area contributed by atoms with Gasteiger partial charge in [-0.1, -0.05) is 12.1 Å². The summed E-state index contributed by atoms with van der Waals surface area (Å²) < 4.78 is 20.6. The summed E-state index contributed by atoms with van der Waals surface area (Å²) >= 11 is 0. The molecule has 3 aromatic rings. The van der Waals surface area contributed by atoms with E-state index < -0.39 is 5.91 Å². The molecule has 182 valence electrons. The van der Waals surface area contributed by atoms with Crippen molar-refractivity contribution in [2.75, 3.05) is 37.0 Å². The van der Waals surface area contributed by atoms with Gasteiger partial charge in [-0.05, 0) is 43.0 Å². The Balaban J connectivity index is 1.47. The molecule has 2 saturated heterocycles. The maximum Gasteiger partial charge on any atom is 0.254 e. The molecule has 2 fully saturated rings. The van der Waals surface area contributed by atoms with Crippen LogP contribution in [0, 0.1) is 5.82 Å². The molecular formula is C24H26FN7O3. The van der Waals surface area contributed by atoms with Crippen LogP contribution in [-0.4, -0.2) is 64.2 Å². The molecule has 2 aliphatic rings. The summed E-state index contributed by atoms with van der Waals surface area (Å²) in [5.74, 6) is -0.00320. The summed E-state index contributed by atoms with van der Waals surface area (Å²) in [6, 6.07) is 6.71. The standard InChI is InChI=1S/C24H26FN7O3/c1-31(19-6-9-35-10-7-19)24-29-21-17(12-16-13-20(33)28-22(16)34)14-27-32(21)23(30-24)26-8-5-15-3-2-4-18(25)11-15/h2-4,11-12,14,19H,5-10,13H2,1H3,(H,26,29,30)(H,28,33,34). The molecule has 2 aliphatic heterocycles. The Morgan fingerprint density at radius 2 is 2.11 bits per heavy atom. The van der Waals surface area contributed by atoms with Crippen LogP contribution in [0.4, 0.5) is 16.3 Å². The Kier molecular flexibility index (Phi) is 6.41. The second-order valence-corrected chi connectivity index (χ2v) is 8.67. The highest BCUT2D eigenvalue weighted by atomic mass is 19.1. The number of nitrogens with one attached hydrogen (secondary N) is 2. The van der Waals surface area contributed by atoms with Crippen molar-refractivity contribution in [3.8, 4) is 0 Å². The average molecular weight is 480 g/mol. The molecule has 2 aromatic heterocycles. The molecule has 0 unspecified atom stereocenters. The monoisotopic (exact) mass is 479 g/mol. The molecule has 2 N–H and O–H groups in total. The third kappa shape index (κ3) is 4.99. The number of rotatable bonds is 7. The predicted molar refractivity (Wildman–Crippen MR) is 127 cm³/mol. The van der Waals surface area contributed by atoms with Crippen LogP contribution in [-0.2, 0) is 20.7 Å². The van der Waals surface area contributed by atoms with Gasteiger partial charge in [-0.3, -0.25) is 14.9 Å². The number of ether oxygens (including phenoxy) is 1. The van der Waals surface area contributed by atoms with E-state index in [4.69, 9.17) is 14.7 Å². The van der Waals surface area contributed by atoms with Crippen LogP contribution in [0.5, 0.6) is 0 Å². The first-order chi connectivity index (χ1) is 17.0. The smallest absolute Gasteiger partial charge is 0.254 e. The van der Waals surface area contributed by atoms with Crippen molar-refractivity contribution in [1.29, 1.82) is 0 Å². The Hall–Kier alpha value is -3.86. The molecule has 11 heteroatoms. The van der Waals surface area contributed by atoms with Crippen molar-refractivity contribution in [1.82, 2.24) is 24.9 Å². The van der Waals surface area contributed by atoms with Gasteiger partial charge in [0.2, 0.25) is 17.8 Å². The number of nitrogens with zero attached hydrogens (tertiary/aromatic N) is 5. The van der Waals surface area contributed by atoms with Crippen LogP contribution in [0.25, 0.3) is 11.7 Å². The fourth-order valence-electron chi connectivity index (χ4n) is 4.31. The normalized spacial score (nSPS) is 17.8. The Morgan fingerprint density at radius 1 is 1.29 bits per heavy atom. The first kappa shape index (κ1) is 22.9. The largest absolute Gasteiger partial charge is 0.381 e. The van der Waals surface area contributed by atoms with E-state index in [9.17, 15) is 14.0 Å². The molecule has 0 aliphatic carbocycles. The molecule has 0 saturated carbocycles. The molecular weight excluding hydrogens is 453 g/mol. The fourth-order valence-corrected chi connectivity index (χ4v) is 4.31. The maximum absolute atomic E-state index is 13.5. The van der Waals surface area contributed by atoms with Gasteiger partial charge in [-0.2, -0.15) is 19.6 Å². The maximum atomic E-state index is 13.5. The highest BCUT2D eigenvalue weighted by molar-refractivity contribution is 6.15. The number of carbonyl (C=O) groups excluding carboxylic acids is 2. The number of benzene rings is 1. The van der Waals surface area contributed by atoms with E-state index in [-0.39, 0.29) is 24.2 Å². The van der Waals surface area contributed by atoms with Crippen molar-refractivity contribution in [3.63, 3.8) is 0 Å². The zero-order valence-electron chi connectivity index (χ0n) is 19.3. The molecule has 0 spiro atoms. The third-order valence-corrected chi connectivity index (χ3v) is 6.25. The Labute approximate surface area is 201 Å². The van der Waals surface area contributed by atoms with Gasteiger partial charge in [0.1, 0.15) is 5.82 Å². The van der Waals surface area contributed by atoms with Gasteiger partial charge in [-0.25, -0.2) is 4.39 Å². The fraction of sp³-hybridized carbons (Fsp3) is 0.375. The zero-order valence-corrected chi connectivity index (χ0v) is 19.3. The lowest BCUT2D eigenvalue weighted by Crippen LogP contribution is -2.38. The van der Waals surface area contributed by atoms with Gasteiger partial charge in [0, 0.05) is 44.0 Å². The van der Waals surface area contributed by atoms with Crippen LogP contribution in [0.15, 0.2) is 36.0 Å². The first-order valence-corrected chi connectivity index (χ1v) is 11.6. The highest BCUT2D eigenvalue weighted by Gasteiger charge is 2.26. The Morgan fingerprint density at radius 3 is 2.86 bits per heavy atom. The van der Waals surface area contributed by atoms with Gasteiger partial charge in [0.05, 0.1) is 12.6 Å². The minimum atomic E-state index is -0.406. The van der Waals surface area contributed by atoms with Crippen LogP contribution in [0.3, 0.4) is 0 Å². The molecule has 0 radical (unpaired) electrons. The second-order valence-electron chi connectivity index (χ2n) is 8.67. The van der Waals surface area contributed by atoms with Gasteiger partial charge in [-0.15, -0.1) is 0 Å². The number of aromatic nitrogens is 4. The van der Waals surface area contributed by atoms with E-state index in [1.807, 2.05) is 18.0 Å². The lowest BCUT2D eigenvalue weighted by atomic mass is 10.1. The molecule has 1 aromatic carbocycles. The number of hydrogen-bond donors (Lipinski definition) is 2. The van der Waals surface area contributed by atoms with Crippen molar-refractivity contribution in [2.45, 2.75) is 31.7 Å². The van der Waals surface area contributed by atoms with Crippen molar-refractivity contribution in [2.24, 2.45) is 0 Å². The summed E-state index contributed by atoms with van der Waals surface area (Å²) in [5, 5.41) is 10.0. The van der Waals surface area contributed by atoms with E-state index in [1.54, 1.807) is 22.9 Å². The molecule has 0 bridgehead atoms. The number of carbonyl (C=O) groups is 2. The summed E-state index contributed by atoms with van der Waals surface area (Å²) in [6.45, 7) is 1.87. The highest BCUT2D eigenvalue weighted by Crippen LogP contribution is 2.24. The summed E-state index contributed by atoms with van der Waals surface area (Å²) in [7, 11) is 1.95. The molecule has 35 heavy (non-hydrogen) atoms. The molecule has 0 atom stereocenters. The lowest BCUT2D eigenvalue weighted by molar-refractivity contribution is -0.124. The average Bonchev–Trinajstić information content (AvgIpc) is 3.41. The first-order valence-electron chi connectivity index (χ1n) is 11.6. The zero-order chi connectivity index (χ0) is 24.4. The number of fused-ring (bicyclic) bond motifs is 1. The minimum absolute atomic E-state index is 0.0227. The van der Waals surface area contributed by atoms with Crippen LogP contribution in [0.2, 0.25) is 0 Å². The quantitative estimate of drug-likeness (QED) is 0.391. The van der Waals surface area contributed by atoms with Gasteiger partial charge in [0.25, 0.3) is 5.91 Å². The summed E-state index contributed by atoms with van der Waals surface area (Å²) in [4.78, 5) is 35.2. The lowest BCUT2D eigenvalue weighted by Gasteiger charge is -2.31. The number of amides is 2. The molecule has 4 heterocycles. The summed E-state index contributed by atoms with van der Waals surface area (Å²) in [5.41, 5.74) is 2.36. The summed E-state index contributed by atoms with van der Waals surface area (Å²) in [6.07, 6.45) is 5.59. The molecule has 2 amide bonds. The van der Waals surface area contributed by atoms with Gasteiger partial charge < -0.3 is 15.0 Å². The van der Waals surface area contributed by atoms with E-state index in [1.165, 1.54) is 12.1 Å². The minimum Gasteiger partial charge on any atom is -0.381 e.